The lowest BCUT2D eigenvalue weighted by Gasteiger charge is -2.14. The summed E-state index contributed by atoms with van der Waals surface area (Å²) in [5.41, 5.74) is 2.53. The van der Waals surface area contributed by atoms with Crippen molar-refractivity contribution in [3.05, 3.63) is 94.4 Å². The van der Waals surface area contributed by atoms with Crippen LogP contribution in [0.4, 0.5) is 20.7 Å². The van der Waals surface area contributed by atoms with Crippen LogP contribution < -0.4 is 20.9 Å². The molecular formula is C28H26FN7O3. The lowest BCUT2D eigenvalue weighted by atomic mass is 9.92. The number of halogens is 1. The number of hydrogen-bond acceptors (Lipinski definition) is 6. The van der Waals surface area contributed by atoms with Gasteiger partial charge in [-0.15, -0.1) is 0 Å². The Hall–Kier alpha value is -5.06. The molecule has 39 heavy (non-hydrogen) atoms. The lowest BCUT2D eigenvalue weighted by molar-refractivity contribution is 0.262. The van der Waals surface area contributed by atoms with Gasteiger partial charge in [0.1, 0.15) is 22.9 Å². The van der Waals surface area contributed by atoms with Crippen molar-refractivity contribution in [1.29, 1.82) is 0 Å². The van der Waals surface area contributed by atoms with Crippen LogP contribution >= 0.6 is 0 Å². The minimum absolute atomic E-state index is 0.0423. The number of aromatic nitrogens is 5. The molecule has 5 rings (SSSR count). The number of fused-ring (bicyclic) bond motifs is 1. The number of carbonyl (C=O) groups excluding carboxylic acids is 1. The zero-order valence-electron chi connectivity index (χ0n) is 21.7. The van der Waals surface area contributed by atoms with E-state index in [1.807, 2.05) is 52.0 Å². The highest BCUT2D eigenvalue weighted by Crippen LogP contribution is 2.29. The van der Waals surface area contributed by atoms with Gasteiger partial charge in [0.05, 0.1) is 23.3 Å². The average Bonchev–Trinajstić information content (AvgIpc) is 3.30. The van der Waals surface area contributed by atoms with E-state index < -0.39 is 17.4 Å². The Balaban J connectivity index is 1.34. The van der Waals surface area contributed by atoms with E-state index in [0.717, 1.165) is 29.2 Å². The number of pyridine rings is 1. The van der Waals surface area contributed by atoms with E-state index in [9.17, 15) is 14.0 Å². The number of benzene rings is 2. The number of aromatic amines is 1. The fourth-order valence-corrected chi connectivity index (χ4v) is 3.78. The van der Waals surface area contributed by atoms with Crippen molar-refractivity contribution in [2.75, 3.05) is 10.6 Å². The maximum Gasteiger partial charge on any atom is 0.324 e. The Morgan fingerprint density at radius 3 is 2.51 bits per heavy atom. The number of H-pyrrole nitrogens is 1. The SMILES string of the molecule is Cc1ccc(-n2nc(C(C)(C)C)cc2NC(=O)Nc2ccc(Oc3ccnc4[nH]c(=O)cnc34)cc2F)cc1. The molecule has 2 amide bonds. The second-order valence-corrected chi connectivity index (χ2v) is 9.99. The van der Waals surface area contributed by atoms with Gasteiger partial charge in [-0.05, 0) is 31.2 Å². The van der Waals surface area contributed by atoms with E-state index >= 15 is 0 Å². The summed E-state index contributed by atoms with van der Waals surface area (Å²) in [5, 5.41) is 10.0. The van der Waals surface area contributed by atoms with Crippen LogP contribution in [-0.4, -0.2) is 30.8 Å². The Morgan fingerprint density at radius 1 is 1.03 bits per heavy atom. The van der Waals surface area contributed by atoms with Crippen LogP contribution in [0.3, 0.4) is 0 Å². The van der Waals surface area contributed by atoms with Gasteiger partial charge in [0.25, 0.3) is 5.56 Å². The molecule has 0 radical (unpaired) electrons. The number of amides is 2. The molecule has 0 saturated carbocycles. The molecule has 0 saturated heterocycles. The van der Waals surface area contributed by atoms with Crippen LogP contribution in [0.15, 0.2) is 71.8 Å². The first-order chi connectivity index (χ1) is 18.6. The number of anilines is 2. The Labute approximate surface area is 222 Å². The molecule has 3 aromatic heterocycles. The summed E-state index contributed by atoms with van der Waals surface area (Å²) in [5.74, 6) is 0.195. The van der Waals surface area contributed by atoms with Crippen LogP contribution in [-0.2, 0) is 5.41 Å². The van der Waals surface area contributed by atoms with Crippen LogP contribution in [0.5, 0.6) is 11.5 Å². The summed E-state index contributed by atoms with van der Waals surface area (Å²) >= 11 is 0. The number of nitrogens with one attached hydrogen (secondary N) is 3. The summed E-state index contributed by atoms with van der Waals surface area (Å²) < 4.78 is 22.4. The fraction of sp³-hybridized carbons (Fsp3) is 0.179. The highest BCUT2D eigenvalue weighted by molar-refractivity contribution is 5.99. The fourth-order valence-electron chi connectivity index (χ4n) is 3.78. The van der Waals surface area contributed by atoms with Gasteiger partial charge in [0, 0.05) is 29.8 Å². The minimum Gasteiger partial charge on any atom is -0.455 e. The second-order valence-electron chi connectivity index (χ2n) is 9.99. The third-order valence-electron chi connectivity index (χ3n) is 5.85. The Bertz CT molecular complexity index is 1740. The Kier molecular flexibility index (Phi) is 6.57. The van der Waals surface area contributed by atoms with E-state index in [0.29, 0.717) is 11.3 Å². The summed E-state index contributed by atoms with van der Waals surface area (Å²) in [7, 11) is 0. The molecule has 0 unspecified atom stereocenters. The van der Waals surface area contributed by atoms with Crippen molar-refractivity contribution in [1.82, 2.24) is 24.7 Å². The molecule has 198 valence electrons. The molecule has 0 fully saturated rings. The predicted octanol–water partition coefficient (Wildman–Crippen LogP) is 5.69. The first-order valence-electron chi connectivity index (χ1n) is 12.1. The van der Waals surface area contributed by atoms with Gasteiger partial charge in [-0.2, -0.15) is 5.10 Å². The first kappa shape index (κ1) is 25.6. The predicted molar refractivity (Wildman–Crippen MR) is 146 cm³/mol. The van der Waals surface area contributed by atoms with Crippen LogP contribution in [0.2, 0.25) is 0 Å². The van der Waals surface area contributed by atoms with Crippen LogP contribution in [0.1, 0.15) is 32.0 Å². The molecule has 0 aliphatic carbocycles. The molecule has 0 aliphatic heterocycles. The number of nitrogens with zero attached hydrogens (tertiary/aromatic N) is 4. The molecule has 3 N–H and O–H groups in total. The van der Waals surface area contributed by atoms with Gasteiger partial charge < -0.3 is 15.0 Å². The molecular weight excluding hydrogens is 501 g/mol. The summed E-state index contributed by atoms with van der Waals surface area (Å²) in [4.78, 5) is 35.0. The minimum atomic E-state index is -0.704. The zero-order chi connectivity index (χ0) is 27.7. The van der Waals surface area contributed by atoms with Crippen molar-refractivity contribution in [2.24, 2.45) is 0 Å². The van der Waals surface area contributed by atoms with Crippen LogP contribution in [0.25, 0.3) is 16.9 Å². The van der Waals surface area contributed by atoms with E-state index in [1.54, 1.807) is 16.8 Å². The number of carbonyl (C=O) groups is 1. The molecule has 5 aromatic rings. The van der Waals surface area contributed by atoms with Crippen molar-refractivity contribution in [3.63, 3.8) is 0 Å². The van der Waals surface area contributed by atoms with E-state index in [4.69, 9.17) is 9.84 Å². The van der Waals surface area contributed by atoms with Crippen molar-refractivity contribution in [2.45, 2.75) is 33.1 Å². The Morgan fingerprint density at radius 2 is 1.79 bits per heavy atom. The molecule has 0 atom stereocenters. The van der Waals surface area contributed by atoms with E-state index in [-0.39, 0.29) is 28.2 Å². The maximum absolute atomic E-state index is 14.9. The number of hydrogen-bond donors (Lipinski definition) is 3. The van der Waals surface area contributed by atoms with Gasteiger partial charge in [-0.1, -0.05) is 38.5 Å². The summed E-state index contributed by atoms with van der Waals surface area (Å²) in [6.07, 6.45) is 2.55. The third-order valence-corrected chi connectivity index (χ3v) is 5.85. The zero-order valence-corrected chi connectivity index (χ0v) is 21.7. The van der Waals surface area contributed by atoms with Crippen molar-refractivity contribution >= 4 is 28.7 Å². The van der Waals surface area contributed by atoms with Crippen LogP contribution in [0, 0.1) is 12.7 Å². The maximum atomic E-state index is 14.9. The number of rotatable bonds is 5. The first-order valence-corrected chi connectivity index (χ1v) is 12.1. The second kappa shape index (κ2) is 10.0. The monoisotopic (exact) mass is 527 g/mol. The molecule has 10 nitrogen and oxygen atoms in total. The molecule has 0 spiro atoms. The molecule has 0 aliphatic rings. The standard InChI is InChI=1S/C28H26FN7O3/c1-16-5-7-17(8-6-16)36-23(14-22(35-36)28(2,3)4)33-27(38)32-20-10-9-18(13-19(20)29)39-21-11-12-30-26-25(21)31-15-24(37)34-26/h5-15H,1-4H3,(H,30,34,37)(H2,32,33,38). The third kappa shape index (κ3) is 5.61. The molecule has 11 heteroatoms. The van der Waals surface area contributed by atoms with Gasteiger partial charge in [0.2, 0.25) is 0 Å². The van der Waals surface area contributed by atoms with Crippen molar-refractivity contribution < 1.29 is 13.9 Å². The van der Waals surface area contributed by atoms with E-state index in [1.165, 1.54) is 18.3 Å². The van der Waals surface area contributed by atoms with Gasteiger partial charge in [-0.25, -0.2) is 23.8 Å². The normalized spacial score (nSPS) is 11.4. The number of urea groups is 1. The number of aryl methyl sites for hydroxylation is 1. The highest BCUT2D eigenvalue weighted by Gasteiger charge is 2.22. The molecule has 0 bridgehead atoms. The smallest absolute Gasteiger partial charge is 0.324 e. The van der Waals surface area contributed by atoms with Gasteiger partial charge >= 0.3 is 6.03 Å². The quantitative estimate of drug-likeness (QED) is 0.270. The lowest BCUT2D eigenvalue weighted by Crippen LogP contribution is -2.22. The number of ether oxygens (including phenoxy) is 1. The largest absolute Gasteiger partial charge is 0.455 e. The average molecular weight is 528 g/mol. The van der Waals surface area contributed by atoms with Gasteiger partial charge in [0.15, 0.2) is 11.4 Å². The topological polar surface area (TPSA) is 127 Å². The highest BCUT2D eigenvalue weighted by atomic mass is 19.1. The van der Waals surface area contributed by atoms with Crippen molar-refractivity contribution in [3.8, 4) is 17.2 Å². The molecule has 2 aromatic carbocycles. The molecule has 3 heterocycles. The summed E-state index contributed by atoms with van der Waals surface area (Å²) in [6, 6.07) is 14.5. The van der Waals surface area contributed by atoms with Gasteiger partial charge in [-0.3, -0.25) is 10.1 Å². The van der Waals surface area contributed by atoms with E-state index in [2.05, 4.69) is 25.6 Å². The summed E-state index contributed by atoms with van der Waals surface area (Å²) in [6.45, 7) is 8.08.